The molecule has 1 nitrogen and oxygen atoms in total. The van der Waals surface area contributed by atoms with Crippen molar-refractivity contribution in [2.24, 2.45) is 0 Å². The van der Waals surface area contributed by atoms with E-state index in [0.717, 1.165) is 13.1 Å². The van der Waals surface area contributed by atoms with Crippen molar-refractivity contribution in [2.75, 3.05) is 13.1 Å². The number of hydrogen-bond donors (Lipinski definition) is 0. The van der Waals surface area contributed by atoms with Gasteiger partial charge in [-0.15, -0.1) is 0 Å². The molecule has 0 aromatic rings. The smallest absolute Gasteiger partial charge is 0.0133 e. The van der Waals surface area contributed by atoms with Crippen LogP contribution in [-0.4, -0.2) is 13.1 Å². The van der Waals surface area contributed by atoms with Crippen molar-refractivity contribution >= 4 is 0 Å². The molecule has 1 rings (SSSR count). The van der Waals surface area contributed by atoms with Gasteiger partial charge >= 0.3 is 0 Å². The largest absolute Gasteiger partial charge is 0.242 e. The van der Waals surface area contributed by atoms with Crippen molar-refractivity contribution in [3.8, 4) is 0 Å². The molecule has 0 bridgehead atoms. The predicted octanol–water partition coefficient (Wildman–Crippen LogP) is 3.90. The summed E-state index contributed by atoms with van der Waals surface area (Å²) >= 11 is 0. The molecule has 0 amide bonds. The van der Waals surface area contributed by atoms with Crippen LogP contribution in [0.4, 0.5) is 0 Å². The molecule has 1 heterocycles. The lowest BCUT2D eigenvalue weighted by Gasteiger charge is -2.06. The highest BCUT2D eigenvalue weighted by atomic mass is 14.8. The van der Waals surface area contributed by atoms with Crippen LogP contribution in [0, 0.1) is 0 Å². The molecule has 0 unspecified atom stereocenters. The summed E-state index contributed by atoms with van der Waals surface area (Å²) in [5, 5.41) is 4.56. The van der Waals surface area contributed by atoms with Crippen LogP contribution < -0.4 is 5.32 Å². The second-order valence-corrected chi connectivity index (χ2v) is 4.56. The fraction of sp³-hybridized carbons (Fsp3) is 1.00. The van der Waals surface area contributed by atoms with Crippen LogP contribution in [0.2, 0.25) is 0 Å². The predicted molar refractivity (Wildman–Crippen MR) is 62.7 cm³/mol. The van der Waals surface area contributed by atoms with Gasteiger partial charge in [-0.05, 0) is 12.8 Å². The van der Waals surface area contributed by atoms with E-state index in [4.69, 9.17) is 0 Å². The Morgan fingerprint density at radius 3 is 1.00 bits per heavy atom. The highest BCUT2D eigenvalue weighted by Gasteiger charge is 1.96. The van der Waals surface area contributed by atoms with E-state index >= 15 is 0 Å². The molecule has 0 saturated carbocycles. The Balaban J connectivity index is 2.00. The molecular weight excluding hydrogens is 170 g/mol. The molecule has 1 radical (unpaired) electrons. The van der Waals surface area contributed by atoms with Crippen LogP contribution in [0.5, 0.6) is 0 Å². The van der Waals surface area contributed by atoms with E-state index < -0.39 is 0 Å². The van der Waals surface area contributed by atoms with Gasteiger partial charge in [-0.2, -0.15) is 0 Å². The zero-order chi connectivity index (χ0) is 9.90. The van der Waals surface area contributed by atoms with Crippen molar-refractivity contribution in [1.82, 2.24) is 5.32 Å². The third kappa shape index (κ3) is 7.37. The van der Waals surface area contributed by atoms with Gasteiger partial charge in [0.25, 0.3) is 0 Å². The second kappa shape index (κ2) is 9.51. The minimum absolute atomic E-state index is 1.12. The summed E-state index contributed by atoms with van der Waals surface area (Å²) in [6.07, 6.45) is 15.7. The van der Waals surface area contributed by atoms with Crippen molar-refractivity contribution in [3.63, 3.8) is 0 Å². The normalized spacial score (nSPS) is 24.0. The van der Waals surface area contributed by atoms with E-state index in [2.05, 4.69) is 5.32 Å². The molecule has 14 heavy (non-hydrogen) atoms. The first kappa shape index (κ1) is 12.0. The molecule has 1 aliphatic heterocycles. The summed E-state index contributed by atoms with van der Waals surface area (Å²) in [5.41, 5.74) is 0. The van der Waals surface area contributed by atoms with Gasteiger partial charge in [-0.25, -0.2) is 5.32 Å². The van der Waals surface area contributed by atoms with Crippen LogP contribution in [0.1, 0.15) is 70.6 Å². The maximum absolute atomic E-state index is 4.56. The Labute approximate surface area is 89.7 Å². The van der Waals surface area contributed by atoms with Gasteiger partial charge in [0.1, 0.15) is 0 Å². The lowest BCUT2D eigenvalue weighted by Crippen LogP contribution is -2.08. The molecule has 0 aromatic carbocycles. The first-order valence-corrected chi connectivity index (χ1v) is 6.63. The third-order valence-corrected chi connectivity index (χ3v) is 3.13. The summed E-state index contributed by atoms with van der Waals surface area (Å²) < 4.78 is 0. The molecule has 0 aliphatic carbocycles. The number of nitrogens with zero attached hydrogens (tertiary/aromatic N) is 1. The SMILES string of the molecule is C1CCCCCC[N]CCCCCC1. The Kier molecular flexibility index (Phi) is 8.18. The minimum atomic E-state index is 1.12. The van der Waals surface area contributed by atoms with Crippen molar-refractivity contribution in [3.05, 3.63) is 0 Å². The molecule has 1 fully saturated rings. The first-order chi connectivity index (χ1) is 7.00. The fourth-order valence-corrected chi connectivity index (χ4v) is 2.15. The minimum Gasteiger partial charge on any atom is -0.242 e. The standard InChI is InChI=1S/C13H26N/c1-2-4-6-8-10-12-14-13-11-9-7-5-3-1/h1-13H2. The summed E-state index contributed by atoms with van der Waals surface area (Å²) in [6.45, 7) is 2.25. The molecule has 83 valence electrons. The molecule has 0 atom stereocenters. The van der Waals surface area contributed by atoms with Crippen LogP contribution >= 0.6 is 0 Å². The van der Waals surface area contributed by atoms with Gasteiger partial charge in [-0.3, -0.25) is 0 Å². The average Bonchev–Trinajstić information content (AvgIpc) is 2.22. The third-order valence-electron chi connectivity index (χ3n) is 3.13. The van der Waals surface area contributed by atoms with Crippen LogP contribution in [0.3, 0.4) is 0 Å². The van der Waals surface area contributed by atoms with Crippen LogP contribution in [-0.2, 0) is 0 Å². The second-order valence-electron chi connectivity index (χ2n) is 4.56. The van der Waals surface area contributed by atoms with E-state index in [1.807, 2.05) is 0 Å². The maximum Gasteiger partial charge on any atom is 0.0133 e. The molecule has 0 N–H and O–H groups in total. The zero-order valence-corrected chi connectivity index (χ0v) is 9.64. The molecule has 0 aromatic heterocycles. The topological polar surface area (TPSA) is 14.1 Å². The first-order valence-electron chi connectivity index (χ1n) is 6.63. The lowest BCUT2D eigenvalue weighted by molar-refractivity contribution is 0.507. The zero-order valence-electron chi connectivity index (χ0n) is 9.64. The molecule has 1 aliphatic rings. The van der Waals surface area contributed by atoms with Crippen molar-refractivity contribution in [2.45, 2.75) is 70.6 Å². The van der Waals surface area contributed by atoms with E-state index in [-0.39, 0.29) is 0 Å². The molecular formula is C13H26N. The van der Waals surface area contributed by atoms with E-state index in [0.29, 0.717) is 0 Å². The van der Waals surface area contributed by atoms with E-state index in [9.17, 15) is 0 Å². The van der Waals surface area contributed by atoms with Gasteiger partial charge in [0.15, 0.2) is 0 Å². The summed E-state index contributed by atoms with van der Waals surface area (Å²) in [6, 6.07) is 0. The van der Waals surface area contributed by atoms with Gasteiger partial charge in [0.2, 0.25) is 0 Å². The summed E-state index contributed by atoms with van der Waals surface area (Å²) in [4.78, 5) is 0. The number of rotatable bonds is 0. The molecule has 0 spiro atoms. The molecule has 1 heteroatoms. The van der Waals surface area contributed by atoms with Gasteiger partial charge < -0.3 is 0 Å². The highest BCUT2D eigenvalue weighted by Crippen LogP contribution is 2.11. The van der Waals surface area contributed by atoms with Gasteiger partial charge in [-0.1, -0.05) is 57.8 Å². The average molecular weight is 196 g/mol. The van der Waals surface area contributed by atoms with Crippen LogP contribution in [0.15, 0.2) is 0 Å². The highest BCUT2D eigenvalue weighted by molar-refractivity contribution is 4.53. The van der Waals surface area contributed by atoms with Crippen LogP contribution in [0.25, 0.3) is 0 Å². The Morgan fingerprint density at radius 1 is 0.357 bits per heavy atom. The maximum atomic E-state index is 4.56. The Morgan fingerprint density at radius 2 is 0.643 bits per heavy atom. The molecule has 1 saturated heterocycles. The summed E-state index contributed by atoms with van der Waals surface area (Å²) in [5.74, 6) is 0. The van der Waals surface area contributed by atoms with Gasteiger partial charge in [0, 0.05) is 13.1 Å². The van der Waals surface area contributed by atoms with Crippen molar-refractivity contribution < 1.29 is 0 Å². The number of hydrogen-bond acceptors (Lipinski definition) is 0. The lowest BCUT2D eigenvalue weighted by atomic mass is 10.1. The Bertz CT molecular complexity index is 58.5. The quantitative estimate of drug-likeness (QED) is 0.558. The fourth-order valence-electron chi connectivity index (χ4n) is 2.15. The monoisotopic (exact) mass is 196 g/mol. The van der Waals surface area contributed by atoms with Crippen molar-refractivity contribution in [1.29, 1.82) is 0 Å². The summed E-state index contributed by atoms with van der Waals surface area (Å²) in [7, 11) is 0. The Hall–Kier alpha value is -0.0400. The van der Waals surface area contributed by atoms with E-state index in [1.54, 1.807) is 0 Å². The van der Waals surface area contributed by atoms with Gasteiger partial charge in [0.05, 0.1) is 0 Å². The van der Waals surface area contributed by atoms with E-state index in [1.165, 1.54) is 70.6 Å².